The summed E-state index contributed by atoms with van der Waals surface area (Å²) in [6.45, 7) is 3.33. The molecule has 2 aromatic rings. The van der Waals surface area contributed by atoms with Crippen molar-refractivity contribution in [1.29, 1.82) is 0 Å². The van der Waals surface area contributed by atoms with E-state index in [2.05, 4.69) is 5.32 Å². The summed E-state index contributed by atoms with van der Waals surface area (Å²) in [5.41, 5.74) is 0.928. The van der Waals surface area contributed by atoms with E-state index in [0.29, 0.717) is 0 Å². The van der Waals surface area contributed by atoms with E-state index in [-0.39, 0.29) is 29.5 Å². The smallest absolute Gasteiger partial charge is 0.307 e. The van der Waals surface area contributed by atoms with Gasteiger partial charge in [-0.15, -0.1) is 0 Å². The van der Waals surface area contributed by atoms with Crippen LogP contribution in [0.25, 0.3) is 0 Å². The van der Waals surface area contributed by atoms with Gasteiger partial charge in [0.2, 0.25) is 0 Å². The van der Waals surface area contributed by atoms with Crippen LogP contribution in [0.1, 0.15) is 31.7 Å². The van der Waals surface area contributed by atoms with E-state index < -0.39 is 22.9 Å². The molecular formula is C20H22N2O6. The monoisotopic (exact) mass is 386 g/mol. The molecule has 0 bridgehead atoms. The number of hydrogen-bond acceptors (Lipinski definition) is 6. The van der Waals surface area contributed by atoms with Crippen molar-refractivity contribution in [1.82, 2.24) is 0 Å². The Morgan fingerprint density at radius 2 is 1.82 bits per heavy atom. The normalized spacial score (nSPS) is 12.5. The van der Waals surface area contributed by atoms with Gasteiger partial charge in [-0.25, -0.2) is 0 Å². The number of methoxy groups -OCH3 is 1. The molecule has 2 aromatic carbocycles. The lowest BCUT2D eigenvalue weighted by atomic mass is 9.98. The summed E-state index contributed by atoms with van der Waals surface area (Å²) in [5, 5.41) is 13.4. The fourth-order valence-electron chi connectivity index (χ4n) is 2.59. The highest BCUT2D eigenvalue weighted by Crippen LogP contribution is 2.29. The standard InChI is InChI=1S/C20H22N2O6/c1-13(15-7-5-4-6-8-15)11-19(23)28-14(2)20(24)21-17-12-16(22(25)26)9-10-18(17)27-3/h4-10,12-14H,11H2,1-3H3,(H,21,24)/t13-,14+/m1/s1. The molecule has 0 aliphatic rings. The van der Waals surface area contributed by atoms with Crippen LogP contribution in [-0.2, 0) is 14.3 Å². The van der Waals surface area contributed by atoms with E-state index in [1.54, 1.807) is 0 Å². The number of carbonyl (C=O) groups is 2. The van der Waals surface area contributed by atoms with Crippen LogP contribution in [0.4, 0.5) is 11.4 Å². The lowest BCUT2D eigenvalue weighted by Crippen LogP contribution is -2.30. The summed E-state index contributed by atoms with van der Waals surface area (Å²) in [6, 6.07) is 13.3. The van der Waals surface area contributed by atoms with Crippen LogP contribution in [0.5, 0.6) is 5.75 Å². The van der Waals surface area contributed by atoms with Gasteiger partial charge in [-0.05, 0) is 24.5 Å². The van der Waals surface area contributed by atoms with Crippen molar-refractivity contribution < 1.29 is 24.0 Å². The highest BCUT2D eigenvalue weighted by Gasteiger charge is 2.22. The zero-order valence-corrected chi connectivity index (χ0v) is 15.9. The molecule has 0 saturated heterocycles. The van der Waals surface area contributed by atoms with Crippen molar-refractivity contribution in [2.45, 2.75) is 32.3 Å². The van der Waals surface area contributed by atoms with Crippen LogP contribution < -0.4 is 10.1 Å². The largest absolute Gasteiger partial charge is 0.495 e. The van der Waals surface area contributed by atoms with Crippen LogP contribution in [0, 0.1) is 10.1 Å². The molecule has 0 heterocycles. The van der Waals surface area contributed by atoms with E-state index in [4.69, 9.17) is 9.47 Å². The second-order valence-corrected chi connectivity index (χ2v) is 6.28. The minimum atomic E-state index is -1.07. The predicted molar refractivity (Wildman–Crippen MR) is 103 cm³/mol. The minimum Gasteiger partial charge on any atom is -0.495 e. The zero-order valence-electron chi connectivity index (χ0n) is 15.9. The Labute approximate surface area is 162 Å². The number of amides is 1. The second kappa shape index (κ2) is 9.50. The first-order valence-corrected chi connectivity index (χ1v) is 8.69. The number of ether oxygens (including phenoxy) is 2. The minimum absolute atomic E-state index is 0.0548. The summed E-state index contributed by atoms with van der Waals surface area (Å²) in [5.74, 6) is -0.916. The third-order valence-corrected chi connectivity index (χ3v) is 4.17. The quantitative estimate of drug-likeness (QED) is 0.421. The van der Waals surface area contributed by atoms with Crippen molar-refractivity contribution in [3.8, 4) is 5.75 Å². The summed E-state index contributed by atoms with van der Waals surface area (Å²) < 4.78 is 10.3. The topological polar surface area (TPSA) is 108 Å². The average molecular weight is 386 g/mol. The molecule has 1 N–H and O–H groups in total. The van der Waals surface area contributed by atoms with Crippen LogP contribution in [0.15, 0.2) is 48.5 Å². The third-order valence-electron chi connectivity index (χ3n) is 4.17. The molecule has 0 spiro atoms. The molecular weight excluding hydrogens is 364 g/mol. The summed E-state index contributed by atoms with van der Waals surface area (Å²) in [7, 11) is 1.38. The van der Waals surface area contributed by atoms with Gasteiger partial charge in [0, 0.05) is 12.1 Å². The van der Waals surface area contributed by atoms with Gasteiger partial charge in [-0.3, -0.25) is 19.7 Å². The Morgan fingerprint density at radius 3 is 2.43 bits per heavy atom. The molecule has 0 saturated carbocycles. The van der Waals surface area contributed by atoms with E-state index >= 15 is 0 Å². The first kappa shape index (κ1) is 20.9. The highest BCUT2D eigenvalue weighted by molar-refractivity contribution is 5.96. The maximum Gasteiger partial charge on any atom is 0.307 e. The number of nitro groups is 1. The van der Waals surface area contributed by atoms with Crippen LogP contribution in [-0.4, -0.2) is 30.0 Å². The Balaban J connectivity index is 1.98. The highest BCUT2D eigenvalue weighted by atomic mass is 16.6. The molecule has 0 aliphatic carbocycles. The zero-order chi connectivity index (χ0) is 20.7. The maximum absolute atomic E-state index is 12.3. The Kier molecular flexibility index (Phi) is 7.08. The number of benzene rings is 2. The van der Waals surface area contributed by atoms with Crippen molar-refractivity contribution in [2.24, 2.45) is 0 Å². The van der Waals surface area contributed by atoms with Crippen molar-refractivity contribution in [3.63, 3.8) is 0 Å². The molecule has 8 heteroatoms. The van der Waals surface area contributed by atoms with Gasteiger partial charge < -0.3 is 14.8 Å². The summed E-state index contributed by atoms with van der Waals surface area (Å²) >= 11 is 0. The number of non-ortho nitro benzene ring substituents is 1. The molecule has 148 valence electrons. The van der Waals surface area contributed by atoms with E-state index in [9.17, 15) is 19.7 Å². The van der Waals surface area contributed by atoms with Gasteiger partial charge in [0.15, 0.2) is 6.10 Å². The van der Waals surface area contributed by atoms with Crippen LogP contribution in [0.3, 0.4) is 0 Å². The fourth-order valence-corrected chi connectivity index (χ4v) is 2.59. The Bertz CT molecular complexity index is 853. The number of nitro benzene ring substituents is 1. The number of hydrogen-bond donors (Lipinski definition) is 1. The lowest BCUT2D eigenvalue weighted by Gasteiger charge is -2.16. The molecule has 2 atom stereocenters. The molecule has 1 amide bonds. The number of carbonyl (C=O) groups excluding carboxylic acids is 2. The molecule has 28 heavy (non-hydrogen) atoms. The summed E-state index contributed by atoms with van der Waals surface area (Å²) in [6.07, 6.45) is -0.943. The first-order chi connectivity index (χ1) is 13.3. The molecule has 0 unspecified atom stereocenters. The first-order valence-electron chi connectivity index (χ1n) is 8.69. The predicted octanol–water partition coefficient (Wildman–Crippen LogP) is 3.67. The lowest BCUT2D eigenvalue weighted by molar-refractivity contribution is -0.384. The van der Waals surface area contributed by atoms with Gasteiger partial charge >= 0.3 is 5.97 Å². The molecule has 0 radical (unpaired) electrons. The van der Waals surface area contributed by atoms with Gasteiger partial charge in [-0.1, -0.05) is 37.3 Å². The Morgan fingerprint density at radius 1 is 1.14 bits per heavy atom. The van der Waals surface area contributed by atoms with Crippen molar-refractivity contribution in [3.05, 3.63) is 64.2 Å². The number of nitrogens with zero attached hydrogens (tertiary/aromatic N) is 1. The molecule has 0 fully saturated rings. The molecule has 0 aliphatic heterocycles. The van der Waals surface area contributed by atoms with Crippen molar-refractivity contribution in [2.75, 3.05) is 12.4 Å². The summed E-state index contributed by atoms with van der Waals surface area (Å²) in [4.78, 5) is 34.8. The van der Waals surface area contributed by atoms with Gasteiger partial charge in [0.1, 0.15) is 5.75 Å². The maximum atomic E-state index is 12.3. The fraction of sp³-hybridized carbons (Fsp3) is 0.300. The second-order valence-electron chi connectivity index (χ2n) is 6.28. The molecule has 0 aromatic heterocycles. The average Bonchev–Trinajstić information content (AvgIpc) is 2.68. The van der Waals surface area contributed by atoms with E-state index in [0.717, 1.165) is 5.56 Å². The van der Waals surface area contributed by atoms with Crippen molar-refractivity contribution >= 4 is 23.3 Å². The number of anilines is 1. The Hall–Kier alpha value is -3.42. The van der Waals surface area contributed by atoms with Gasteiger partial charge in [0.05, 0.1) is 24.1 Å². The number of nitrogens with one attached hydrogen (secondary N) is 1. The molecule has 8 nitrogen and oxygen atoms in total. The third kappa shape index (κ3) is 5.54. The SMILES string of the molecule is COc1ccc([N+](=O)[O-])cc1NC(=O)[C@H](C)OC(=O)C[C@@H](C)c1ccccc1. The number of rotatable bonds is 8. The molecule has 2 rings (SSSR count). The van der Waals surface area contributed by atoms with Gasteiger partial charge in [0.25, 0.3) is 11.6 Å². The van der Waals surface area contributed by atoms with E-state index in [1.807, 2.05) is 37.3 Å². The van der Waals surface area contributed by atoms with Crippen LogP contribution >= 0.6 is 0 Å². The van der Waals surface area contributed by atoms with E-state index in [1.165, 1.54) is 32.2 Å². The van der Waals surface area contributed by atoms with Crippen LogP contribution in [0.2, 0.25) is 0 Å². The number of esters is 1. The van der Waals surface area contributed by atoms with Gasteiger partial charge in [-0.2, -0.15) is 0 Å².